The lowest BCUT2D eigenvalue weighted by Crippen LogP contribution is -2.64. The third-order valence-electron chi connectivity index (χ3n) is 3.86. The van der Waals surface area contributed by atoms with Crippen LogP contribution in [0.15, 0.2) is 43.0 Å². The number of amides is 1. The Morgan fingerprint density at radius 1 is 1.36 bits per heavy atom. The van der Waals surface area contributed by atoms with Crippen LogP contribution >= 0.6 is 0 Å². The predicted molar refractivity (Wildman–Crippen MR) is 90.5 cm³/mol. The molecule has 138 valence electrons. The average molecular weight is 351 g/mol. The van der Waals surface area contributed by atoms with E-state index in [2.05, 4.69) is 11.9 Å². The van der Waals surface area contributed by atoms with Crippen LogP contribution in [0.25, 0.3) is 0 Å². The van der Waals surface area contributed by atoms with Gasteiger partial charge in [-0.15, -0.1) is 6.58 Å². The standard InChI is InChI=1S/C18H25NO6/c1-3-9-24-17-15(19-12(2)20)18(22)25-14(16(17)21)11-23-10-13-7-5-4-6-8-13/h3-8,14-18,21-22H,1,9-11H2,2H3,(H,19,20). The Labute approximate surface area is 147 Å². The Balaban J connectivity index is 1.97. The number of hydrogen-bond donors (Lipinski definition) is 3. The molecule has 1 aliphatic rings. The van der Waals surface area contributed by atoms with E-state index in [0.717, 1.165) is 5.56 Å². The van der Waals surface area contributed by atoms with Crippen molar-refractivity contribution in [3.05, 3.63) is 48.6 Å². The van der Waals surface area contributed by atoms with Crippen LogP contribution in [-0.2, 0) is 25.6 Å². The van der Waals surface area contributed by atoms with Gasteiger partial charge in [-0.05, 0) is 5.56 Å². The third kappa shape index (κ3) is 5.62. The molecule has 0 saturated carbocycles. The second kappa shape index (κ2) is 9.65. The number of aliphatic hydroxyl groups excluding tert-OH is 2. The van der Waals surface area contributed by atoms with Gasteiger partial charge in [0.2, 0.25) is 5.91 Å². The molecule has 1 heterocycles. The molecule has 0 radical (unpaired) electrons. The van der Waals surface area contributed by atoms with Crippen LogP contribution in [-0.4, -0.2) is 60.0 Å². The van der Waals surface area contributed by atoms with Gasteiger partial charge in [0.1, 0.15) is 24.4 Å². The van der Waals surface area contributed by atoms with Crippen molar-refractivity contribution in [2.24, 2.45) is 0 Å². The number of rotatable bonds is 8. The summed E-state index contributed by atoms with van der Waals surface area (Å²) in [6.07, 6.45) is -2.47. The molecule has 5 atom stereocenters. The highest BCUT2D eigenvalue weighted by atomic mass is 16.6. The smallest absolute Gasteiger partial charge is 0.217 e. The lowest BCUT2D eigenvalue weighted by Gasteiger charge is -2.42. The van der Waals surface area contributed by atoms with Crippen LogP contribution < -0.4 is 5.32 Å². The summed E-state index contributed by atoms with van der Waals surface area (Å²) in [6, 6.07) is 8.71. The summed E-state index contributed by atoms with van der Waals surface area (Å²) in [5.41, 5.74) is 0.990. The first-order valence-electron chi connectivity index (χ1n) is 8.15. The number of carbonyl (C=O) groups excluding carboxylic acids is 1. The van der Waals surface area contributed by atoms with Crippen LogP contribution in [0.5, 0.6) is 0 Å². The van der Waals surface area contributed by atoms with Gasteiger partial charge in [0.25, 0.3) is 0 Å². The molecule has 0 aliphatic carbocycles. The van der Waals surface area contributed by atoms with Crippen LogP contribution in [0.1, 0.15) is 12.5 Å². The van der Waals surface area contributed by atoms with Gasteiger partial charge < -0.3 is 29.7 Å². The Morgan fingerprint density at radius 2 is 2.08 bits per heavy atom. The molecule has 7 nitrogen and oxygen atoms in total. The maximum Gasteiger partial charge on any atom is 0.217 e. The number of benzene rings is 1. The summed E-state index contributed by atoms with van der Waals surface area (Å²) in [5, 5.41) is 23.3. The fourth-order valence-electron chi connectivity index (χ4n) is 2.71. The van der Waals surface area contributed by atoms with E-state index in [1.807, 2.05) is 30.3 Å². The quantitative estimate of drug-likeness (QED) is 0.585. The van der Waals surface area contributed by atoms with Gasteiger partial charge >= 0.3 is 0 Å². The second-order valence-electron chi connectivity index (χ2n) is 5.87. The fraction of sp³-hybridized carbons (Fsp3) is 0.500. The molecule has 25 heavy (non-hydrogen) atoms. The number of ether oxygens (including phenoxy) is 3. The number of carbonyl (C=O) groups is 1. The first kappa shape index (κ1) is 19.6. The normalized spacial score (nSPS) is 29.2. The highest BCUT2D eigenvalue weighted by Gasteiger charge is 2.45. The zero-order chi connectivity index (χ0) is 18.2. The molecule has 0 bridgehead atoms. The molecule has 1 amide bonds. The topological polar surface area (TPSA) is 97.2 Å². The van der Waals surface area contributed by atoms with Crippen LogP contribution in [0, 0.1) is 0 Å². The summed E-state index contributed by atoms with van der Waals surface area (Å²) < 4.78 is 16.6. The maximum atomic E-state index is 11.3. The van der Waals surface area contributed by atoms with Crippen molar-refractivity contribution in [3.8, 4) is 0 Å². The van der Waals surface area contributed by atoms with Gasteiger partial charge in [-0.1, -0.05) is 36.4 Å². The summed E-state index contributed by atoms with van der Waals surface area (Å²) in [7, 11) is 0. The van der Waals surface area contributed by atoms with E-state index in [-0.39, 0.29) is 19.1 Å². The average Bonchev–Trinajstić information content (AvgIpc) is 2.59. The van der Waals surface area contributed by atoms with Crippen molar-refractivity contribution >= 4 is 5.91 Å². The van der Waals surface area contributed by atoms with E-state index in [1.165, 1.54) is 13.0 Å². The van der Waals surface area contributed by atoms with E-state index < -0.39 is 30.6 Å². The molecule has 0 aromatic heterocycles. The van der Waals surface area contributed by atoms with Crippen molar-refractivity contribution in [1.29, 1.82) is 0 Å². The molecule has 1 aromatic rings. The molecule has 5 unspecified atom stereocenters. The summed E-state index contributed by atoms with van der Waals surface area (Å²) in [6.45, 7) is 5.49. The first-order valence-corrected chi connectivity index (χ1v) is 8.15. The Kier molecular flexibility index (Phi) is 7.54. The molecule has 1 fully saturated rings. The van der Waals surface area contributed by atoms with Crippen LogP contribution in [0.2, 0.25) is 0 Å². The molecular formula is C18H25NO6. The maximum absolute atomic E-state index is 11.3. The molecule has 2 rings (SSSR count). The third-order valence-corrected chi connectivity index (χ3v) is 3.86. The van der Waals surface area contributed by atoms with Crippen molar-refractivity contribution in [3.63, 3.8) is 0 Å². The van der Waals surface area contributed by atoms with E-state index in [0.29, 0.717) is 6.61 Å². The van der Waals surface area contributed by atoms with Crippen molar-refractivity contribution < 1.29 is 29.2 Å². The summed E-state index contributed by atoms with van der Waals surface area (Å²) >= 11 is 0. The number of hydrogen-bond acceptors (Lipinski definition) is 6. The lowest BCUT2D eigenvalue weighted by molar-refractivity contribution is -0.263. The van der Waals surface area contributed by atoms with E-state index in [4.69, 9.17) is 14.2 Å². The minimum absolute atomic E-state index is 0.0772. The van der Waals surface area contributed by atoms with Gasteiger partial charge in [-0.25, -0.2) is 0 Å². The highest BCUT2D eigenvalue weighted by molar-refractivity contribution is 5.73. The van der Waals surface area contributed by atoms with Crippen molar-refractivity contribution in [2.45, 2.75) is 44.2 Å². The Hall–Kier alpha value is -1.77. The zero-order valence-electron chi connectivity index (χ0n) is 14.2. The summed E-state index contributed by atoms with van der Waals surface area (Å²) in [4.78, 5) is 11.3. The van der Waals surface area contributed by atoms with E-state index in [1.54, 1.807) is 0 Å². The number of nitrogens with one attached hydrogen (secondary N) is 1. The monoisotopic (exact) mass is 351 g/mol. The van der Waals surface area contributed by atoms with Crippen molar-refractivity contribution in [1.82, 2.24) is 5.32 Å². The molecule has 0 spiro atoms. The van der Waals surface area contributed by atoms with Crippen LogP contribution in [0.4, 0.5) is 0 Å². The van der Waals surface area contributed by atoms with E-state index in [9.17, 15) is 15.0 Å². The van der Waals surface area contributed by atoms with Crippen molar-refractivity contribution in [2.75, 3.05) is 13.2 Å². The zero-order valence-corrected chi connectivity index (χ0v) is 14.2. The molecular weight excluding hydrogens is 326 g/mol. The van der Waals surface area contributed by atoms with Gasteiger partial charge in [-0.2, -0.15) is 0 Å². The second-order valence-corrected chi connectivity index (χ2v) is 5.87. The summed E-state index contributed by atoms with van der Waals surface area (Å²) in [5.74, 6) is -0.356. The fourth-order valence-corrected chi connectivity index (χ4v) is 2.71. The van der Waals surface area contributed by atoms with Gasteiger partial charge in [0.05, 0.1) is 19.8 Å². The molecule has 1 saturated heterocycles. The van der Waals surface area contributed by atoms with Gasteiger partial charge in [0, 0.05) is 6.92 Å². The molecule has 1 aromatic carbocycles. The van der Waals surface area contributed by atoms with Crippen LogP contribution in [0.3, 0.4) is 0 Å². The Morgan fingerprint density at radius 3 is 2.72 bits per heavy atom. The molecule has 7 heteroatoms. The lowest BCUT2D eigenvalue weighted by atomic mass is 9.96. The minimum Gasteiger partial charge on any atom is -0.388 e. The van der Waals surface area contributed by atoms with E-state index >= 15 is 0 Å². The van der Waals surface area contributed by atoms with Gasteiger partial charge in [0.15, 0.2) is 6.29 Å². The molecule has 1 aliphatic heterocycles. The largest absolute Gasteiger partial charge is 0.388 e. The van der Waals surface area contributed by atoms with Gasteiger partial charge in [-0.3, -0.25) is 4.79 Å². The number of aliphatic hydroxyl groups is 2. The molecule has 3 N–H and O–H groups in total. The Bertz CT molecular complexity index is 552. The minimum atomic E-state index is -1.31. The SMILES string of the molecule is C=CCOC1C(O)C(COCc2ccccc2)OC(O)C1NC(C)=O. The first-order chi connectivity index (χ1) is 12.0. The highest BCUT2D eigenvalue weighted by Crippen LogP contribution is 2.23. The predicted octanol–water partition coefficient (Wildman–Crippen LogP) is 0.357.